The summed E-state index contributed by atoms with van der Waals surface area (Å²) in [5.74, 6) is 0.121. The number of nitrogens with one attached hydrogen (secondary N) is 2. The van der Waals surface area contributed by atoms with E-state index in [0.29, 0.717) is 31.5 Å². The van der Waals surface area contributed by atoms with Gasteiger partial charge in [-0.05, 0) is 41.7 Å². The molecule has 1 fully saturated rings. The van der Waals surface area contributed by atoms with Gasteiger partial charge in [0.05, 0.1) is 6.54 Å². The van der Waals surface area contributed by atoms with Gasteiger partial charge in [0, 0.05) is 31.6 Å². The maximum Gasteiger partial charge on any atom is 0.251 e. The Kier molecular flexibility index (Phi) is 8.87. The minimum Gasteiger partial charge on any atom is -0.370 e. The third-order valence-corrected chi connectivity index (χ3v) is 6.64. The van der Waals surface area contributed by atoms with E-state index in [1.165, 1.54) is 0 Å². The maximum atomic E-state index is 12.6. The Balaban J connectivity index is 1.40. The quantitative estimate of drug-likeness (QED) is 0.158. The van der Waals surface area contributed by atoms with Crippen LogP contribution >= 0.6 is 0 Å². The van der Waals surface area contributed by atoms with E-state index in [0.717, 1.165) is 35.9 Å². The van der Waals surface area contributed by atoms with Gasteiger partial charge in [-0.25, -0.2) is 4.99 Å². The van der Waals surface area contributed by atoms with Crippen LogP contribution in [0.1, 0.15) is 46.3 Å². The average Bonchev–Trinajstić information content (AvgIpc) is 3.38. The number of benzene rings is 3. The van der Waals surface area contributed by atoms with Crippen molar-refractivity contribution in [3.05, 3.63) is 107 Å². The molecule has 2 amide bonds. The molecule has 1 aliphatic heterocycles. The second-order valence-corrected chi connectivity index (χ2v) is 9.28. The first kappa shape index (κ1) is 26.6. The van der Waals surface area contributed by atoms with E-state index >= 15 is 0 Å². The van der Waals surface area contributed by atoms with Crippen LogP contribution in [-0.2, 0) is 21.7 Å². The summed E-state index contributed by atoms with van der Waals surface area (Å²) in [6, 6.07) is 25.9. The number of hydrogen-bond donors (Lipinski definition) is 3. The van der Waals surface area contributed by atoms with E-state index in [1.807, 2.05) is 71.6 Å². The largest absolute Gasteiger partial charge is 0.370 e. The Morgan fingerprint density at radius 2 is 1.68 bits per heavy atom. The lowest BCUT2D eigenvalue weighted by atomic mass is 9.84. The van der Waals surface area contributed by atoms with Crippen molar-refractivity contribution in [3.63, 3.8) is 0 Å². The molecule has 3 aromatic rings. The molecule has 0 aromatic heterocycles. The Hall–Kier alpha value is -4.46. The fourth-order valence-electron chi connectivity index (χ4n) is 4.62. The Bertz CT molecular complexity index is 1240. The standard InChI is InChI=1S/C30H33N5O3/c31-29(34-30(22-36,25-12-3-1-4-13-25)26-14-5-2-6-15-26)33-21-23-10-7-11-24(20-23)28(38)32-17-9-19-35-18-8-16-27(35)37/h1-7,10-15,20,22H,8-9,16-19,21H2,(H,32,38)(H3,31,33,34). The fourth-order valence-corrected chi connectivity index (χ4v) is 4.62. The monoisotopic (exact) mass is 511 g/mol. The van der Waals surface area contributed by atoms with Crippen LogP contribution in [0, 0.1) is 0 Å². The first-order chi connectivity index (χ1) is 18.5. The maximum absolute atomic E-state index is 12.6. The lowest BCUT2D eigenvalue weighted by Crippen LogP contribution is -2.51. The molecule has 3 aromatic carbocycles. The summed E-state index contributed by atoms with van der Waals surface area (Å²) in [6.45, 7) is 2.19. The Morgan fingerprint density at radius 1 is 1.00 bits per heavy atom. The normalized spacial score (nSPS) is 13.8. The van der Waals surface area contributed by atoms with Gasteiger partial charge in [-0.3, -0.25) is 14.4 Å². The lowest BCUT2D eigenvalue weighted by molar-refractivity contribution is -0.127. The molecule has 0 aliphatic carbocycles. The van der Waals surface area contributed by atoms with Crippen molar-refractivity contribution in [2.45, 2.75) is 31.3 Å². The lowest BCUT2D eigenvalue weighted by Gasteiger charge is -2.31. The minimum absolute atomic E-state index is 0.108. The molecule has 196 valence electrons. The third-order valence-electron chi connectivity index (χ3n) is 6.64. The number of hydrogen-bond acceptors (Lipinski definition) is 4. The molecule has 0 unspecified atom stereocenters. The molecule has 0 bridgehead atoms. The molecule has 8 nitrogen and oxygen atoms in total. The summed E-state index contributed by atoms with van der Waals surface area (Å²) < 4.78 is 0. The summed E-state index contributed by atoms with van der Waals surface area (Å²) in [6.07, 6.45) is 3.08. The first-order valence-electron chi connectivity index (χ1n) is 12.8. The number of carbonyl (C=O) groups excluding carboxylic acids is 3. The number of nitrogens with zero attached hydrogens (tertiary/aromatic N) is 2. The molecular weight excluding hydrogens is 478 g/mol. The molecule has 1 saturated heterocycles. The molecule has 0 radical (unpaired) electrons. The number of nitrogens with two attached hydrogens (primary N) is 1. The molecule has 1 heterocycles. The van der Waals surface area contributed by atoms with E-state index in [-0.39, 0.29) is 24.3 Å². The Labute approximate surface area is 222 Å². The highest BCUT2D eigenvalue weighted by Gasteiger charge is 2.34. The number of likely N-dealkylation sites (tertiary alicyclic amines) is 1. The van der Waals surface area contributed by atoms with Gasteiger partial charge >= 0.3 is 0 Å². The van der Waals surface area contributed by atoms with E-state index in [4.69, 9.17) is 5.73 Å². The van der Waals surface area contributed by atoms with Crippen LogP contribution in [-0.4, -0.2) is 48.6 Å². The van der Waals surface area contributed by atoms with Crippen molar-refractivity contribution in [1.82, 2.24) is 15.5 Å². The third kappa shape index (κ3) is 6.45. The van der Waals surface area contributed by atoms with Gasteiger partial charge in [-0.2, -0.15) is 0 Å². The molecule has 1 aliphatic rings. The smallest absolute Gasteiger partial charge is 0.251 e. The predicted molar refractivity (Wildman–Crippen MR) is 147 cm³/mol. The number of rotatable bonds is 11. The number of amides is 2. The number of aliphatic imine (C=N–C) groups is 1. The van der Waals surface area contributed by atoms with Gasteiger partial charge in [0.2, 0.25) is 5.91 Å². The van der Waals surface area contributed by atoms with Crippen molar-refractivity contribution in [3.8, 4) is 0 Å². The molecule has 4 rings (SSSR count). The molecule has 8 heteroatoms. The highest BCUT2D eigenvalue weighted by Crippen LogP contribution is 2.27. The zero-order chi connectivity index (χ0) is 26.8. The molecular formula is C30H33N5O3. The summed E-state index contributed by atoms with van der Waals surface area (Å²) in [7, 11) is 0. The van der Waals surface area contributed by atoms with Crippen LogP contribution in [0.4, 0.5) is 0 Å². The number of guanidine groups is 1. The first-order valence-corrected chi connectivity index (χ1v) is 12.8. The average molecular weight is 512 g/mol. The van der Waals surface area contributed by atoms with Gasteiger partial charge in [0.1, 0.15) is 5.54 Å². The number of carbonyl (C=O) groups is 3. The van der Waals surface area contributed by atoms with Crippen molar-refractivity contribution in [1.29, 1.82) is 0 Å². The zero-order valence-corrected chi connectivity index (χ0v) is 21.3. The fraction of sp³-hybridized carbons (Fsp3) is 0.267. The molecule has 0 saturated carbocycles. The van der Waals surface area contributed by atoms with Gasteiger partial charge in [0.15, 0.2) is 12.2 Å². The van der Waals surface area contributed by atoms with Crippen LogP contribution in [0.25, 0.3) is 0 Å². The second-order valence-electron chi connectivity index (χ2n) is 9.28. The highest BCUT2D eigenvalue weighted by molar-refractivity contribution is 5.94. The Morgan fingerprint density at radius 3 is 2.29 bits per heavy atom. The van der Waals surface area contributed by atoms with Crippen molar-refractivity contribution < 1.29 is 14.4 Å². The summed E-state index contributed by atoms with van der Waals surface area (Å²) in [5.41, 5.74) is 7.89. The summed E-state index contributed by atoms with van der Waals surface area (Å²) in [5, 5.41) is 6.05. The van der Waals surface area contributed by atoms with Gasteiger partial charge in [-0.1, -0.05) is 72.8 Å². The van der Waals surface area contributed by atoms with Crippen LogP contribution in [0.5, 0.6) is 0 Å². The van der Waals surface area contributed by atoms with Gasteiger partial charge < -0.3 is 21.3 Å². The number of aldehydes is 1. The minimum atomic E-state index is -1.20. The van der Waals surface area contributed by atoms with E-state index in [2.05, 4.69) is 15.6 Å². The van der Waals surface area contributed by atoms with Crippen LogP contribution in [0.15, 0.2) is 89.9 Å². The molecule has 38 heavy (non-hydrogen) atoms. The van der Waals surface area contributed by atoms with Crippen molar-refractivity contribution >= 4 is 24.1 Å². The molecule has 4 N–H and O–H groups in total. The summed E-state index contributed by atoms with van der Waals surface area (Å²) in [4.78, 5) is 43.2. The SMILES string of the molecule is NC(=NCc1cccc(C(=O)NCCCN2CCCC2=O)c1)NC(C=O)(c1ccccc1)c1ccccc1. The van der Waals surface area contributed by atoms with Crippen LogP contribution in [0.3, 0.4) is 0 Å². The zero-order valence-electron chi connectivity index (χ0n) is 21.3. The van der Waals surface area contributed by atoms with Gasteiger partial charge in [0.25, 0.3) is 5.91 Å². The second kappa shape index (κ2) is 12.7. The van der Waals surface area contributed by atoms with Gasteiger partial charge in [-0.15, -0.1) is 0 Å². The predicted octanol–water partition coefficient (Wildman–Crippen LogP) is 2.98. The van der Waals surface area contributed by atoms with E-state index in [1.54, 1.807) is 18.2 Å². The highest BCUT2D eigenvalue weighted by atomic mass is 16.2. The molecule has 0 atom stereocenters. The van der Waals surface area contributed by atoms with E-state index < -0.39 is 5.54 Å². The molecule has 0 spiro atoms. The van der Waals surface area contributed by atoms with Crippen LogP contribution in [0.2, 0.25) is 0 Å². The van der Waals surface area contributed by atoms with Crippen LogP contribution < -0.4 is 16.4 Å². The summed E-state index contributed by atoms with van der Waals surface area (Å²) >= 11 is 0. The van der Waals surface area contributed by atoms with Crippen molar-refractivity contribution in [2.24, 2.45) is 10.7 Å². The van der Waals surface area contributed by atoms with Crippen molar-refractivity contribution in [2.75, 3.05) is 19.6 Å². The van der Waals surface area contributed by atoms with E-state index in [9.17, 15) is 14.4 Å². The topological polar surface area (TPSA) is 117 Å².